The van der Waals surface area contributed by atoms with Crippen molar-refractivity contribution in [3.8, 4) is 0 Å². The quantitative estimate of drug-likeness (QED) is 0.609. The summed E-state index contributed by atoms with van der Waals surface area (Å²) in [4.78, 5) is 47.6. The number of amides is 2. The molecular weight excluding hydrogens is 378 g/mol. The minimum atomic E-state index is -1.33. The molecule has 0 aliphatic carbocycles. The van der Waals surface area contributed by atoms with E-state index in [0.29, 0.717) is 6.07 Å². The van der Waals surface area contributed by atoms with Crippen LogP contribution in [-0.4, -0.2) is 38.0 Å². The van der Waals surface area contributed by atoms with E-state index in [4.69, 9.17) is 0 Å². The molecule has 0 aromatic heterocycles. The van der Waals surface area contributed by atoms with Crippen molar-refractivity contribution in [3.05, 3.63) is 59.2 Å². The second kappa shape index (κ2) is 8.71. The fraction of sp³-hybridized carbons (Fsp3) is 0.111. The lowest BCUT2D eigenvalue weighted by molar-refractivity contribution is -0.133. The number of hydrogen-bond donors (Lipinski definition) is 2. The smallest absolute Gasteiger partial charge is 0.339 e. The number of benzene rings is 2. The molecule has 0 aliphatic rings. The van der Waals surface area contributed by atoms with E-state index in [2.05, 4.69) is 14.8 Å². The van der Waals surface area contributed by atoms with E-state index < -0.39 is 41.1 Å². The van der Waals surface area contributed by atoms with Crippen LogP contribution >= 0.6 is 0 Å². The highest BCUT2D eigenvalue weighted by Gasteiger charge is 2.21. The molecule has 0 radical (unpaired) electrons. The van der Waals surface area contributed by atoms with E-state index in [1.165, 1.54) is 12.1 Å². The Balaban J connectivity index is 2.27. The number of halogens is 2. The molecule has 8 nitrogen and oxygen atoms in total. The van der Waals surface area contributed by atoms with Crippen LogP contribution in [0, 0.1) is 11.6 Å². The summed E-state index contributed by atoms with van der Waals surface area (Å²) in [5.74, 6) is -6.00. The van der Waals surface area contributed by atoms with Crippen molar-refractivity contribution in [3.63, 3.8) is 0 Å². The topological polar surface area (TPSA) is 111 Å². The maximum absolute atomic E-state index is 13.6. The molecule has 0 atom stereocenters. The van der Waals surface area contributed by atoms with Crippen LogP contribution in [0.1, 0.15) is 20.7 Å². The van der Waals surface area contributed by atoms with Crippen molar-refractivity contribution < 1.29 is 37.4 Å². The summed E-state index contributed by atoms with van der Waals surface area (Å²) >= 11 is 0. The summed E-state index contributed by atoms with van der Waals surface area (Å²) in [6.45, 7) is 0. The van der Waals surface area contributed by atoms with E-state index in [1.54, 1.807) is 0 Å². The first kappa shape index (κ1) is 20.5. The molecule has 0 aliphatic heterocycles. The summed E-state index contributed by atoms with van der Waals surface area (Å²) in [6.07, 6.45) is 0. The van der Waals surface area contributed by atoms with Gasteiger partial charge in [-0.3, -0.25) is 9.59 Å². The SMILES string of the molecule is COC(=O)c1ccc(C(=O)OC)c(NC(=O)C(=O)Nc2cc(F)ccc2F)c1. The predicted molar refractivity (Wildman–Crippen MR) is 92.7 cm³/mol. The van der Waals surface area contributed by atoms with Gasteiger partial charge in [0.1, 0.15) is 11.6 Å². The molecule has 2 aromatic carbocycles. The summed E-state index contributed by atoms with van der Waals surface area (Å²) in [5, 5.41) is 4.03. The molecule has 146 valence electrons. The Labute approximate surface area is 157 Å². The average Bonchev–Trinajstić information content (AvgIpc) is 2.69. The van der Waals surface area contributed by atoms with E-state index >= 15 is 0 Å². The van der Waals surface area contributed by atoms with E-state index in [1.807, 2.05) is 5.32 Å². The third-order valence-corrected chi connectivity index (χ3v) is 3.48. The van der Waals surface area contributed by atoms with Crippen LogP contribution in [0.2, 0.25) is 0 Å². The van der Waals surface area contributed by atoms with E-state index in [-0.39, 0.29) is 16.8 Å². The number of esters is 2. The van der Waals surface area contributed by atoms with Gasteiger partial charge >= 0.3 is 23.8 Å². The molecule has 10 heteroatoms. The van der Waals surface area contributed by atoms with Crippen LogP contribution in [0.4, 0.5) is 20.2 Å². The number of methoxy groups -OCH3 is 2. The Kier molecular flexibility index (Phi) is 6.38. The Bertz CT molecular complexity index is 961. The molecule has 0 saturated heterocycles. The fourth-order valence-corrected chi connectivity index (χ4v) is 2.13. The normalized spacial score (nSPS) is 10.0. The number of anilines is 2. The van der Waals surface area contributed by atoms with Gasteiger partial charge in [-0.2, -0.15) is 0 Å². The number of ether oxygens (including phenoxy) is 2. The molecule has 0 heterocycles. The summed E-state index contributed by atoms with van der Waals surface area (Å²) in [5.41, 5.74) is -0.915. The van der Waals surface area contributed by atoms with E-state index in [0.717, 1.165) is 32.4 Å². The molecule has 0 saturated carbocycles. The van der Waals surface area contributed by atoms with Gasteiger partial charge in [0.05, 0.1) is 36.7 Å². The van der Waals surface area contributed by atoms with Gasteiger partial charge in [-0.05, 0) is 30.3 Å². The molecule has 2 aromatic rings. The lowest BCUT2D eigenvalue weighted by Gasteiger charge is -2.12. The van der Waals surface area contributed by atoms with Gasteiger partial charge in [0, 0.05) is 6.07 Å². The number of nitrogens with one attached hydrogen (secondary N) is 2. The lowest BCUT2D eigenvalue weighted by Crippen LogP contribution is -2.30. The van der Waals surface area contributed by atoms with Crippen molar-refractivity contribution in [2.24, 2.45) is 0 Å². The summed E-state index contributed by atoms with van der Waals surface area (Å²) in [6, 6.07) is 5.86. The highest BCUT2D eigenvalue weighted by molar-refractivity contribution is 6.44. The second-order valence-corrected chi connectivity index (χ2v) is 5.28. The molecule has 2 rings (SSSR count). The van der Waals surface area contributed by atoms with Crippen LogP contribution in [-0.2, 0) is 19.1 Å². The van der Waals surface area contributed by atoms with Crippen LogP contribution in [0.25, 0.3) is 0 Å². The highest BCUT2D eigenvalue weighted by atomic mass is 19.1. The monoisotopic (exact) mass is 392 g/mol. The molecule has 0 spiro atoms. The molecule has 0 unspecified atom stereocenters. The van der Waals surface area contributed by atoms with Gasteiger partial charge < -0.3 is 20.1 Å². The van der Waals surface area contributed by atoms with Crippen LogP contribution < -0.4 is 10.6 Å². The summed E-state index contributed by atoms with van der Waals surface area (Å²) in [7, 11) is 2.23. The number of carbonyl (C=O) groups is 4. The fourth-order valence-electron chi connectivity index (χ4n) is 2.13. The Morgan fingerprint density at radius 3 is 2.00 bits per heavy atom. The number of carbonyl (C=O) groups excluding carboxylic acids is 4. The number of hydrogen-bond acceptors (Lipinski definition) is 6. The molecule has 2 amide bonds. The van der Waals surface area contributed by atoms with Crippen LogP contribution in [0.15, 0.2) is 36.4 Å². The molecule has 2 N–H and O–H groups in total. The highest BCUT2D eigenvalue weighted by Crippen LogP contribution is 2.20. The zero-order valence-electron chi connectivity index (χ0n) is 14.7. The third kappa shape index (κ3) is 4.67. The van der Waals surface area contributed by atoms with Gasteiger partial charge in [0.2, 0.25) is 0 Å². The van der Waals surface area contributed by atoms with Crippen molar-refractivity contribution >= 4 is 35.1 Å². The first-order valence-electron chi connectivity index (χ1n) is 7.65. The zero-order chi connectivity index (χ0) is 20.8. The van der Waals surface area contributed by atoms with E-state index in [9.17, 15) is 28.0 Å². The average molecular weight is 392 g/mol. The Hall–Kier alpha value is -3.82. The number of rotatable bonds is 4. The standard InChI is InChI=1S/C18H14F2N2O6/c1-27-17(25)9-3-5-11(18(26)28-2)13(7-9)21-15(23)16(24)22-14-8-10(19)4-6-12(14)20/h3-8H,1-2H3,(H,21,23)(H,22,24). The Morgan fingerprint density at radius 1 is 0.786 bits per heavy atom. The van der Waals surface area contributed by atoms with Crippen molar-refractivity contribution in [2.75, 3.05) is 24.9 Å². The lowest BCUT2D eigenvalue weighted by atomic mass is 10.1. The van der Waals surface area contributed by atoms with Crippen LogP contribution in [0.3, 0.4) is 0 Å². The third-order valence-electron chi connectivity index (χ3n) is 3.48. The Morgan fingerprint density at radius 2 is 1.39 bits per heavy atom. The van der Waals surface area contributed by atoms with Gasteiger partial charge in [-0.1, -0.05) is 0 Å². The first-order chi connectivity index (χ1) is 13.3. The molecule has 0 fully saturated rings. The van der Waals surface area contributed by atoms with Gasteiger partial charge in [0.25, 0.3) is 0 Å². The minimum Gasteiger partial charge on any atom is -0.465 e. The van der Waals surface area contributed by atoms with Gasteiger partial charge in [0.15, 0.2) is 0 Å². The maximum Gasteiger partial charge on any atom is 0.339 e. The maximum atomic E-state index is 13.6. The predicted octanol–water partition coefficient (Wildman–Crippen LogP) is 2.12. The summed E-state index contributed by atoms with van der Waals surface area (Å²) < 4.78 is 35.9. The zero-order valence-corrected chi connectivity index (χ0v) is 14.7. The molecule has 28 heavy (non-hydrogen) atoms. The second-order valence-electron chi connectivity index (χ2n) is 5.28. The van der Waals surface area contributed by atoms with Gasteiger partial charge in [-0.25, -0.2) is 18.4 Å². The molecule has 0 bridgehead atoms. The minimum absolute atomic E-state index is 0.0120. The van der Waals surface area contributed by atoms with Crippen molar-refractivity contribution in [1.29, 1.82) is 0 Å². The molecular formula is C18H14F2N2O6. The first-order valence-corrected chi connectivity index (χ1v) is 7.65. The van der Waals surface area contributed by atoms with Crippen LogP contribution in [0.5, 0.6) is 0 Å². The van der Waals surface area contributed by atoms with Gasteiger partial charge in [-0.15, -0.1) is 0 Å². The van der Waals surface area contributed by atoms with Crippen molar-refractivity contribution in [2.45, 2.75) is 0 Å². The van der Waals surface area contributed by atoms with Crippen molar-refractivity contribution in [1.82, 2.24) is 0 Å². The largest absolute Gasteiger partial charge is 0.465 e.